The molecule has 2 aromatic rings. The van der Waals surface area contributed by atoms with Gasteiger partial charge in [-0.05, 0) is 44.4 Å². The number of hydrogen-bond donors (Lipinski definition) is 1. The second kappa shape index (κ2) is 8.00. The van der Waals surface area contributed by atoms with Crippen molar-refractivity contribution >= 4 is 17.6 Å². The largest absolute Gasteiger partial charge is 0.458 e. The van der Waals surface area contributed by atoms with Crippen LogP contribution in [0.2, 0.25) is 5.02 Å². The third-order valence-corrected chi connectivity index (χ3v) is 4.49. The molecule has 0 amide bonds. The smallest absolute Gasteiger partial charge is 0.306 e. The molecule has 0 aliphatic heterocycles. The van der Waals surface area contributed by atoms with Crippen LogP contribution in [0.5, 0.6) is 0 Å². The average Bonchev–Trinajstić information content (AvgIpc) is 2.55. The molecule has 1 N–H and O–H groups in total. The molecule has 6 heteroatoms. The number of halogens is 1. The van der Waals surface area contributed by atoms with E-state index in [0.717, 1.165) is 11.1 Å². The van der Waals surface area contributed by atoms with Crippen molar-refractivity contribution in [2.24, 2.45) is 0 Å². The van der Waals surface area contributed by atoms with E-state index >= 15 is 0 Å². The summed E-state index contributed by atoms with van der Waals surface area (Å²) >= 11 is 6.11. The fraction of sp³-hybridized carbons (Fsp3) is 0.316. The lowest BCUT2D eigenvalue weighted by Crippen LogP contribution is -2.17. The summed E-state index contributed by atoms with van der Waals surface area (Å²) in [6.45, 7) is 5.24. The molecule has 2 rings (SSSR count). The number of esters is 1. The van der Waals surface area contributed by atoms with E-state index in [4.69, 9.17) is 21.6 Å². The molecular weight excluding hydrogens is 340 g/mol. The summed E-state index contributed by atoms with van der Waals surface area (Å²) in [5.41, 5.74) is 2.48. The molecule has 1 atom stereocenters. The lowest BCUT2D eigenvalue weighted by molar-refractivity contribution is -0.148. The average molecular weight is 359 g/mol. The first-order valence-electron chi connectivity index (χ1n) is 7.91. The summed E-state index contributed by atoms with van der Waals surface area (Å²) < 4.78 is 5.44. The third kappa shape index (κ3) is 4.28. The molecule has 0 radical (unpaired) electrons. The van der Waals surface area contributed by atoms with Crippen molar-refractivity contribution in [1.82, 2.24) is 4.98 Å². The minimum Gasteiger partial charge on any atom is -0.458 e. The van der Waals surface area contributed by atoms with Gasteiger partial charge >= 0.3 is 5.97 Å². The molecule has 0 saturated carbocycles. The number of aromatic amines is 1. The van der Waals surface area contributed by atoms with Gasteiger partial charge < -0.3 is 9.72 Å². The van der Waals surface area contributed by atoms with Crippen LogP contribution in [0.4, 0.5) is 0 Å². The van der Waals surface area contributed by atoms with Crippen molar-refractivity contribution in [3.63, 3.8) is 0 Å². The van der Waals surface area contributed by atoms with Crippen LogP contribution in [0.3, 0.4) is 0 Å². The lowest BCUT2D eigenvalue weighted by atomic mass is 9.99. The van der Waals surface area contributed by atoms with E-state index in [2.05, 4.69) is 4.98 Å². The number of H-pyrrole nitrogens is 1. The Morgan fingerprint density at radius 2 is 2.04 bits per heavy atom. The number of benzene rings is 1. The van der Waals surface area contributed by atoms with Gasteiger partial charge in [-0.1, -0.05) is 29.8 Å². The van der Waals surface area contributed by atoms with E-state index in [9.17, 15) is 9.59 Å². The van der Waals surface area contributed by atoms with Crippen LogP contribution in [0, 0.1) is 25.2 Å². The molecule has 0 saturated heterocycles. The molecule has 0 aliphatic carbocycles. The lowest BCUT2D eigenvalue weighted by Gasteiger charge is -2.15. The quantitative estimate of drug-likeness (QED) is 0.825. The summed E-state index contributed by atoms with van der Waals surface area (Å²) in [5, 5.41) is 9.64. The first-order valence-corrected chi connectivity index (χ1v) is 8.29. The minimum atomic E-state index is -0.450. The second-order valence-electron chi connectivity index (χ2n) is 5.82. The van der Waals surface area contributed by atoms with Gasteiger partial charge in [0, 0.05) is 22.7 Å². The maximum Gasteiger partial charge on any atom is 0.306 e. The topological polar surface area (TPSA) is 83.0 Å². The molecule has 1 aromatic heterocycles. The molecule has 0 bridgehead atoms. The first-order chi connectivity index (χ1) is 11.8. The van der Waals surface area contributed by atoms with Gasteiger partial charge in [0.15, 0.2) is 0 Å². The normalized spacial score (nSPS) is 11.6. The van der Waals surface area contributed by atoms with Crippen LogP contribution >= 0.6 is 11.6 Å². The number of carbonyl (C=O) groups excluding carboxylic acids is 1. The number of hydrogen-bond acceptors (Lipinski definition) is 4. The van der Waals surface area contributed by atoms with Gasteiger partial charge in [0.05, 0.1) is 0 Å². The van der Waals surface area contributed by atoms with Crippen LogP contribution in [-0.4, -0.2) is 11.0 Å². The van der Waals surface area contributed by atoms with Crippen molar-refractivity contribution in [2.45, 2.75) is 39.7 Å². The Morgan fingerprint density at radius 1 is 1.36 bits per heavy atom. The van der Waals surface area contributed by atoms with E-state index in [1.54, 1.807) is 26.8 Å². The molecule has 0 aliphatic rings. The van der Waals surface area contributed by atoms with Gasteiger partial charge in [-0.25, -0.2) is 0 Å². The second-order valence-corrected chi connectivity index (χ2v) is 6.23. The number of ether oxygens (including phenoxy) is 1. The van der Waals surface area contributed by atoms with Gasteiger partial charge in [-0.2, -0.15) is 5.26 Å². The predicted octanol–water partition coefficient (Wildman–Crippen LogP) is 3.75. The highest BCUT2D eigenvalue weighted by atomic mass is 35.5. The van der Waals surface area contributed by atoms with E-state index in [-0.39, 0.29) is 18.0 Å². The van der Waals surface area contributed by atoms with Crippen LogP contribution in [0.15, 0.2) is 29.1 Å². The Labute approximate surface area is 151 Å². The van der Waals surface area contributed by atoms with Crippen molar-refractivity contribution in [3.8, 4) is 6.07 Å². The van der Waals surface area contributed by atoms with E-state index < -0.39 is 11.7 Å². The number of rotatable bonds is 5. The van der Waals surface area contributed by atoms with E-state index in [0.29, 0.717) is 22.7 Å². The molecular formula is C19H19ClN2O3. The highest BCUT2D eigenvalue weighted by Gasteiger charge is 2.17. The van der Waals surface area contributed by atoms with Crippen molar-refractivity contribution in [2.75, 3.05) is 0 Å². The van der Waals surface area contributed by atoms with Crippen LogP contribution in [-0.2, 0) is 16.0 Å². The molecule has 0 fully saturated rings. The van der Waals surface area contributed by atoms with E-state index in [1.165, 1.54) is 0 Å². The molecule has 5 nitrogen and oxygen atoms in total. The first kappa shape index (κ1) is 18.8. The van der Waals surface area contributed by atoms with Gasteiger partial charge in [-0.3, -0.25) is 9.59 Å². The minimum absolute atomic E-state index is 0.0819. The number of nitrogens with zero attached hydrogens (tertiary/aromatic N) is 1. The standard InChI is InChI=1S/C19H19ClN2O3/c1-11-14(12(2)22-19(24)16(11)10-21)8-9-18(23)25-13(3)15-6-4-5-7-17(15)20/h4-7,13H,8-9H2,1-3H3,(H,22,24)/t13-/m1/s1. The Morgan fingerprint density at radius 3 is 2.68 bits per heavy atom. The molecule has 0 unspecified atom stereocenters. The fourth-order valence-corrected chi connectivity index (χ4v) is 3.06. The Bertz CT molecular complexity index is 897. The summed E-state index contributed by atoms with van der Waals surface area (Å²) in [5.74, 6) is -0.365. The number of aromatic nitrogens is 1. The van der Waals surface area contributed by atoms with Gasteiger partial charge in [0.25, 0.3) is 5.56 Å². The number of nitriles is 1. The molecule has 130 valence electrons. The predicted molar refractivity (Wildman–Crippen MR) is 95.5 cm³/mol. The van der Waals surface area contributed by atoms with Gasteiger partial charge in [0.2, 0.25) is 0 Å². The number of carbonyl (C=O) groups is 1. The van der Waals surface area contributed by atoms with Crippen molar-refractivity contribution in [1.29, 1.82) is 5.26 Å². The SMILES string of the molecule is Cc1[nH]c(=O)c(C#N)c(C)c1CCC(=O)O[C@H](C)c1ccccc1Cl. The summed E-state index contributed by atoms with van der Waals surface area (Å²) in [7, 11) is 0. The zero-order chi connectivity index (χ0) is 18.6. The zero-order valence-corrected chi connectivity index (χ0v) is 15.1. The van der Waals surface area contributed by atoms with Gasteiger partial charge in [0.1, 0.15) is 17.7 Å². The van der Waals surface area contributed by atoms with Crippen LogP contribution in [0.1, 0.15) is 47.4 Å². The van der Waals surface area contributed by atoms with Crippen molar-refractivity contribution < 1.29 is 9.53 Å². The maximum atomic E-state index is 12.2. The maximum absolute atomic E-state index is 12.2. The molecule has 1 heterocycles. The highest BCUT2D eigenvalue weighted by molar-refractivity contribution is 6.31. The van der Waals surface area contributed by atoms with Crippen LogP contribution in [0.25, 0.3) is 0 Å². The number of nitrogens with one attached hydrogen (secondary N) is 1. The van der Waals surface area contributed by atoms with Gasteiger partial charge in [-0.15, -0.1) is 0 Å². The summed E-state index contributed by atoms with van der Waals surface area (Å²) in [4.78, 5) is 26.5. The molecule has 0 spiro atoms. The fourth-order valence-electron chi connectivity index (χ4n) is 2.77. The van der Waals surface area contributed by atoms with Crippen LogP contribution < -0.4 is 5.56 Å². The summed E-state index contributed by atoms with van der Waals surface area (Å²) in [6, 6.07) is 9.12. The van der Waals surface area contributed by atoms with Crippen molar-refractivity contribution in [3.05, 3.63) is 67.6 Å². The number of aryl methyl sites for hydroxylation is 1. The zero-order valence-electron chi connectivity index (χ0n) is 14.4. The Balaban J connectivity index is 2.07. The Hall–Kier alpha value is -2.58. The summed E-state index contributed by atoms with van der Waals surface area (Å²) in [6.07, 6.45) is 0.0820. The molecule has 25 heavy (non-hydrogen) atoms. The third-order valence-electron chi connectivity index (χ3n) is 4.15. The van der Waals surface area contributed by atoms with E-state index in [1.807, 2.05) is 24.3 Å². The highest BCUT2D eigenvalue weighted by Crippen LogP contribution is 2.25. The number of pyridine rings is 1. The Kier molecular flexibility index (Phi) is 6.00. The monoisotopic (exact) mass is 358 g/mol. The molecule has 1 aromatic carbocycles.